The molecule has 1 saturated heterocycles. The molecule has 9 heteroatoms. The summed E-state index contributed by atoms with van der Waals surface area (Å²) in [5, 5.41) is 0. The van der Waals surface area contributed by atoms with Crippen molar-refractivity contribution in [3.63, 3.8) is 0 Å². The monoisotopic (exact) mass is 383 g/mol. The highest BCUT2D eigenvalue weighted by atomic mass is 32.2. The average Bonchev–Trinajstić information content (AvgIpc) is 2.62. The van der Waals surface area contributed by atoms with Crippen LogP contribution >= 0.6 is 0 Å². The number of aryl methyl sites for hydroxylation is 2. The van der Waals surface area contributed by atoms with Crippen LogP contribution < -0.4 is 5.48 Å². The first-order valence-electron chi connectivity index (χ1n) is 8.42. The molecule has 0 spiro atoms. The molecule has 2 rings (SSSR count). The molecule has 26 heavy (non-hydrogen) atoms. The molecule has 0 atom stereocenters. The van der Waals surface area contributed by atoms with Crippen LogP contribution in [0.15, 0.2) is 23.1 Å². The molecule has 0 aliphatic carbocycles. The summed E-state index contributed by atoms with van der Waals surface area (Å²) < 4.78 is 27.2. The van der Waals surface area contributed by atoms with E-state index in [9.17, 15) is 18.0 Å². The molecule has 0 aromatic heterocycles. The van der Waals surface area contributed by atoms with E-state index in [-0.39, 0.29) is 37.7 Å². The number of carbonyl (C=O) groups is 2. The van der Waals surface area contributed by atoms with E-state index in [0.717, 1.165) is 5.56 Å². The van der Waals surface area contributed by atoms with Crippen LogP contribution in [0.4, 0.5) is 0 Å². The molecule has 0 radical (unpaired) electrons. The SMILES string of the molecule is CONC(=O)CCC(=O)N1CCN(S(=O)(=O)c2cc(C)ccc2C)CC1. The molecule has 144 valence electrons. The first-order chi connectivity index (χ1) is 12.3. The third-order valence-electron chi connectivity index (χ3n) is 4.33. The number of rotatable bonds is 6. The van der Waals surface area contributed by atoms with Crippen molar-refractivity contribution in [3.05, 3.63) is 29.3 Å². The van der Waals surface area contributed by atoms with Gasteiger partial charge in [0.2, 0.25) is 21.8 Å². The maximum Gasteiger partial charge on any atom is 0.244 e. The Bertz CT molecular complexity index is 771. The molecule has 1 heterocycles. The lowest BCUT2D eigenvalue weighted by Gasteiger charge is -2.34. The quantitative estimate of drug-likeness (QED) is 0.726. The summed E-state index contributed by atoms with van der Waals surface area (Å²) in [7, 11) is -2.25. The molecule has 2 amide bonds. The molecular formula is C17H25N3O5S. The van der Waals surface area contributed by atoms with Gasteiger partial charge in [-0.1, -0.05) is 12.1 Å². The summed E-state index contributed by atoms with van der Waals surface area (Å²) in [5.74, 6) is -0.531. The van der Waals surface area contributed by atoms with E-state index < -0.39 is 10.0 Å². The Morgan fingerprint density at radius 3 is 2.38 bits per heavy atom. The Morgan fingerprint density at radius 1 is 1.12 bits per heavy atom. The first-order valence-corrected chi connectivity index (χ1v) is 9.86. The van der Waals surface area contributed by atoms with Crippen LogP contribution in [0.1, 0.15) is 24.0 Å². The number of hydroxylamine groups is 1. The van der Waals surface area contributed by atoms with Crippen molar-refractivity contribution in [1.82, 2.24) is 14.7 Å². The van der Waals surface area contributed by atoms with Crippen LogP contribution in [0.2, 0.25) is 0 Å². The van der Waals surface area contributed by atoms with E-state index in [1.165, 1.54) is 11.4 Å². The van der Waals surface area contributed by atoms with Gasteiger partial charge in [-0.15, -0.1) is 0 Å². The fourth-order valence-corrected chi connectivity index (χ4v) is 4.58. The molecular weight excluding hydrogens is 358 g/mol. The second kappa shape index (κ2) is 8.61. The van der Waals surface area contributed by atoms with Crippen LogP contribution in [0.25, 0.3) is 0 Å². The van der Waals surface area contributed by atoms with E-state index >= 15 is 0 Å². The lowest BCUT2D eigenvalue weighted by Crippen LogP contribution is -2.50. The number of piperazine rings is 1. The van der Waals surface area contributed by atoms with Gasteiger partial charge in [0.15, 0.2) is 0 Å². The molecule has 0 unspecified atom stereocenters. The summed E-state index contributed by atoms with van der Waals surface area (Å²) in [5.41, 5.74) is 3.75. The normalized spacial score (nSPS) is 15.7. The maximum atomic E-state index is 12.9. The molecule has 1 N–H and O–H groups in total. The number of nitrogens with zero attached hydrogens (tertiary/aromatic N) is 2. The van der Waals surface area contributed by atoms with Gasteiger partial charge in [-0.05, 0) is 31.0 Å². The van der Waals surface area contributed by atoms with Crippen molar-refractivity contribution in [2.45, 2.75) is 31.6 Å². The Balaban J connectivity index is 1.96. The van der Waals surface area contributed by atoms with E-state index in [4.69, 9.17) is 0 Å². The van der Waals surface area contributed by atoms with Gasteiger partial charge < -0.3 is 4.90 Å². The highest BCUT2D eigenvalue weighted by molar-refractivity contribution is 7.89. The van der Waals surface area contributed by atoms with Crippen molar-refractivity contribution in [1.29, 1.82) is 0 Å². The average molecular weight is 383 g/mol. The highest BCUT2D eigenvalue weighted by Gasteiger charge is 2.31. The van der Waals surface area contributed by atoms with Gasteiger partial charge in [0.25, 0.3) is 0 Å². The van der Waals surface area contributed by atoms with E-state index in [0.29, 0.717) is 23.5 Å². The van der Waals surface area contributed by atoms with Crippen LogP contribution in [0.5, 0.6) is 0 Å². The third-order valence-corrected chi connectivity index (χ3v) is 6.38. The Kier molecular flexibility index (Phi) is 6.74. The Hall–Kier alpha value is -1.97. The van der Waals surface area contributed by atoms with Crippen LogP contribution in [0, 0.1) is 13.8 Å². The fraction of sp³-hybridized carbons (Fsp3) is 0.529. The standard InChI is InChI=1S/C17H25N3O5S/c1-13-4-5-14(2)15(12-13)26(23,24)20-10-8-19(9-11-20)17(22)7-6-16(21)18-25-3/h4-5,12H,6-11H2,1-3H3,(H,18,21). The number of sulfonamides is 1. The largest absolute Gasteiger partial charge is 0.340 e. The number of amides is 2. The zero-order valence-electron chi connectivity index (χ0n) is 15.3. The minimum absolute atomic E-state index is 0.0354. The number of hydrogen-bond donors (Lipinski definition) is 1. The zero-order valence-corrected chi connectivity index (χ0v) is 16.1. The number of nitrogens with one attached hydrogen (secondary N) is 1. The predicted molar refractivity (Wildman–Crippen MR) is 95.6 cm³/mol. The third kappa shape index (κ3) is 4.80. The van der Waals surface area contributed by atoms with E-state index in [1.807, 2.05) is 13.0 Å². The second-order valence-corrected chi connectivity index (χ2v) is 8.19. The molecule has 0 saturated carbocycles. The lowest BCUT2D eigenvalue weighted by molar-refractivity contribution is -0.137. The van der Waals surface area contributed by atoms with Crippen molar-refractivity contribution in [2.75, 3.05) is 33.3 Å². The summed E-state index contributed by atoms with van der Waals surface area (Å²) in [6, 6.07) is 5.36. The molecule has 0 bridgehead atoms. The maximum absolute atomic E-state index is 12.9. The molecule has 1 aliphatic rings. The number of hydrogen-bond acceptors (Lipinski definition) is 5. The van der Waals surface area contributed by atoms with E-state index in [1.54, 1.807) is 24.0 Å². The van der Waals surface area contributed by atoms with Crippen LogP contribution in [-0.4, -0.2) is 62.7 Å². The van der Waals surface area contributed by atoms with Crippen LogP contribution in [-0.2, 0) is 24.4 Å². The Morgan fingerprint density at radius 2 is 1.77 bits per heavy atom. The lowest BCUT2D eigenvalue weighted by atomic mass is 10.2. The minimum atomic E-state index is -3.58. The number of carbonyl (C=O) groups excluding carboxylic acids is 2. The number of benzene rings is 1. The highest BCUT2D eigenvalue weighted by Crippen LogP contribution is 2.22. The van der Waals surface area contributed by atoms with Crippen molar-refractivity contribution < 1.29 is 22.8 Å². The minimum Gasteiger partial charge on any atom is -0.340 e. The Labute approximate surface area is 154 Å². The molecule has 8 nitrogen and oxygen atoms in total. The molecule has 1 aromatic rings. The second-order valence-electron chi connectivity index (χ2n) is 6.28. The van der Waals surface area contributed by atoms with Gasteiger partial charge in [-0.3, -0.25) is 14.4 Å². The smallest absolute Gasteiger partial charge is 0.244 e. The van der Waals surface area contributed by atoms with Gasteiger partial charge in [0.1, 0.15) is 0 Å². The van der Waals surface area contributed by atoms with Crippen molar-refractivity contribution >= 4 is 21.8 Å². The molecule has 1 aromatic carbocycles. The summed E-state index contributed by atoms with van der Waals surface area (Å²) >= 11 is 0. The molecule has 1 fully saturated rings. The summed E-state index contributed by atoms with van der Waals surface area (Å²) in [4.78, 5) is 29.9. The first kappa shape index (κ1) is 20.3. The fourth-order valence-electron chi connectivity index (χ4n) is 2.85. The predicted octanol–water partition coefficient (Wildman–Crippen LogP) is 0.594. The van der Waals surface area contributed by atoms with Gasteiger partial charge in [-0.25, -0.2) is 13.9 Å². The topological polar surface area (TPSA) is 96.0 Å². The van der Waals surface area contributed by atoms with E-state index in [2.05, 4.69) is 10.3 Å². The van der Waals surface area contributed by atoms with Crippen LogP contribution in [0.3, 0.4) is 0 Å². The zero-order chi connectivity index (χ0) is 19.3. The van der Waals surface area contributed by atoms with Gasteiger partial charge >= 0.3 is 0 Å². The van der Waals surface area contributed by atoms with Gasteiger partial charge in [0, 0.05) is 39.0 Å². The van der Waals surface area contributed by atoms with Crippen molar-refractivity contribution in [2.24, 2.45) is 0 Å². The summed E-state index contributed by atoms with van der Waals surface area (Å²) in [6.45, 7) is 4.74. The summed E-state index contributed by atoms with van der Waals surface area (Å²) in [6.07, 6.45) is 0.104. The van der Waals surface area contributed by atoms with Gasteiger partial charge in [-0.2, -0.15) is 4.31 Å². The van der Waals surface area contributed by atoms with Crippen molar-refractivity contribution in [3.8, 4) is 0 Å². The van der Waals surface area contributed by atoms with Gasteiger partial charge in [0.05, 0.1) is 12.0 Å². The molecule has 1 aliphatic heterocycles.